The minimum Gasteiger partial charge on any atom is -0.398 e. The van der Waals surface area contributed by atoms with Gasteiger partial charge in [0.1, 0.15) is 6.04 Å². The average Bonchev–Trinajstić information content (AvgIpc) is 2.61. The second kappa shape index (κ2) is 3.32. The summed E-state index contributed by atoms with van der Waals surface area (Å²) in [6.07, 6.45) is 7.20. The van der Waals surface area contributed by atoms with E-state index in [2.05, 4.69) is 11.0 Å². The first-order valence-electron chi connectivity index (χ1n) is 4.83. The first-order chi connectivity index (χ1) is 7.13. The van der Waals surface area contributed by atoms with Crippen LogP contribution in [0, 0.1) is 19.3 Å². The third-order valence-corrected chi connectivity index (χ3v) is 2.59. The Kier molecular flexibility index (Phi) is 2.12. The molecule has 1 atom stereocenters. The molecule has 0 radical (unpaired) electrons. The molecule has 15 heavy (non-hydrogen) atoms. The van der Waals surface area contributed by atoms with Crippen molar-refractivity contribution >= 4 is 16.6 Å². The number of rotatable bonds is 1. The topological polar surface area (TPSA) is 43.8 Å². The zero-order chi connectivity index (χ0) is 11.0. The van der Waals surface area contributed by atoms with E-state index in [4.69, 9.17) is 12.2 Å². The average molecular weight is 199 g/mol. The molecule has 2 rings (SSSR count). The second-order valence-corrected chi connectivity index (χ2v) is 3.70. The Morgan fingerprint density at radius 1 is 1.53 bits per heavy atom. The summed E-state index contributed by atoms with van der Waals surface area (Å²) in [5.41, 5.74) is 8.69. The molecular weight excluding hydrogens is 186 g/mol. The van der Waals surface area contributed by atoms with Gasteiger partial charge in [-0.15, -0.1) is 6.42 Å². The summed E-state index contributed by atoms with van der Waals surface area (Å²) in [7, 11) is 0. The fourth-order valence-corrected chi connectivity index (χ4v) is 1.60. The molecule has 2 N–H and O–H groups in total. The summed E-state index contributed by atoms with van der Waals surface area (Å²) < 4.78 is 1.81. The molecular formula is C12H13N3. The molecule has 2 aromatic rings. The number of nitrogens with two attached hydrogens (primary N) is 1. The van der Waals surface area contributed by atoms with Crippen LogP contribution in [0.4, 0.5) is 5.69 Å². The van der Waals surface area contributed by atoms with Gasteiger partial charge in [-0.3, -0.25) is 4.68 Å². The third-order valence-electron chi connectivity index (χ3n) is 2.59. The van der Waals surface area contributed by atoms with E-state index in [-0.39, 0.29) is 6.04 Å². The van der Waals surface area contributed by atoms with E-state index in [0.717, 1.165) is 22.2 Å². The van der Waals surface area contributed by atoms with E-state index in [0.29, 0.717) is 0 Å². The van der Waals surface area contributed by atoms with Gasteiger partial charge in [-0.25, -0.2) is 0 Å². The van der Waals surface area contributed by atoms with Gasteiger partial charge < -0.3 is 5.73 Å². The maximum atomic E-state index is 5.86. The lowest BCUT2D eigenvalue weighted by molar-refractivity contribution is 0.618. The van der Waals surface area contributed by atoms with E-state index >= 15 is 0 Å². The number of aromatic nitrogens is 2. The van der Waals surface area contributed by atoms with Gasteiger partial charge in [-0.05, 0) is 31.5 Å². The molecule has 1 aromatic carbocycles. The molecule has 0 aliphatic heterocycles. The fraction of sp³-hybridized carbons (Fsp3) is 0.250. The van der Waals surface area contributed by atoms with Crippen LogP contribution in [0.2, 0.25) is 0 Å². The largest absolute Gasteiger partial charge is 0.398 e. The van der Waals surface area contributed by atoms with Crippen LogP contribution in [-0.4, -0.2) is 9.78 Å². The van der Waals surface area contributed by atoms with Gasteiger partial charge in [-0.1, -0.05) is 5.92 Å². The summed E-state index contributed by atoms with van der Waals surface area (Å²) in [5, 5.41) is 5.34. The molecule has 0 aliphatic rings. The minimum atomic E-state index is -0.0513. The Bertz CT molecular complexity index is 546. The van der Waals surface area contributed by atoms with Crippen LogP contribution in [-0.2, 0) is 0 Å². The summed E-state index contributed by atoms with van der Waals surface area (Å²) in [4.78, 5) is 0. The van der Waals surface area contributed by atoms with E-state index in [1.165, 1.54) is 0 Å². The molecule has 1 heterocycles. The zero-order valence-electron chi connectivity index (χ0n) is 8.86. The molecule has 3 nitrogen and oxygen atoms in total. The maximum absolute atomic E-state index is 5.86. The Morgan fingerprint density at radius 2 is 2.27 bits per heavy atom. The third kappa shape index (κ3) is 1.44. The molecule has 0 amide bonds. The highest BCUT2D eigenvalue weighted by molar-refractivity contribution is 5.83. The highest BCUT2D eigenvalue weighted by atomic mass is 15.3. The Hall–Kier alpha value is -1.95. The molecule has 0 bridgehead atoms. The molecule has 0 aliphatic carbocycles. The Labute approximate surface area is 88.9 Å². The van der Waals surface area contributed by atoms with E-state index < -0.39 is 0 Å². The Morgan fingerprint density at radius 3 is 2.93 bits per heavy atom. The van der Waals surface area contributed by atoms with Gasteiger partial charge in [0.05, 0.1) is 11.7 Å². The van der Waals surface area contributed by atoms with Crippen molar-refractivity contribution in [1.82, 2.24) is 9.78 Å². The van der Waals surface area contributed by atoms with Crippen molar-refractivity contribution in [2.24, 2.45) is 0 Å². The summed E-state index contributed by atoms with van der Waals surface area (Å²) in [6, 6.07) is 3.90. The number of nitrogens with zero attached hydrogens (tertiary/aromatic N) is 2. The minimum absolute atomic E-state index is 0.0513. The lowest BCUT2D eigenvalue weighted by atomic mass is 10.1. The number of terminal acetylenes is 1. The molecule has 0 saturated heterocycles. The van der Waals surface area contributed by atoms with Gasteiger partial charge in [0.25, 0.3) is 0 Å². The lowest BCUT2D eigenvalue weighted by Gasteiger charge is -2.07. The number of anilines is 1. The van der Waals surface area contributed by atoms with Crippen molar-refractivity contribution in [3.05, 3.63) is 23.9 Å². The molecule has 1 aromatic heterocycles. The van der Waals surface area contributed by atoms with Gasteiger partial charge in [0.15, 0.2) is 0 Å². The van der Waals surface area contributed by atoms with Crippen molar-refractivity contribution in [3.8, 4) is 12.3 Å². The summed E-state index contributed by atoms with van der Waals surface area (Å²) in [6.45, 7) is 3.92. The van der Waals surface area contributed by atoms with E-state index in [9.17, 15) is 0 Å². The van der Waals surface area contributed by atoms with Gasteiger partial charge in [-0.2, -0.15) is 5.10 Å². The summed E-state index contributed by atoms with van der Waals surface area (Å²) >= 11 is 0. The molecule has 3 heteroatoms. The molecule has 0 saturated carbocycles. The molecule has 0 fully saturated rings. The van der Waals surface area contributed by atoms with E-state index in [1.807, 2.05) is 36.9 Å². The number of hydrogen-bond donors (Lipinski definition) is 1. The SMILES string of the molecule is C#C[C@@H](C)n1ncc2cc(C)c(N)cc21. The van der Waals surface area contributed by atoms with Crippen LogP contribution < -0.4 is 5.73 Å². The smallest absolute Gasteiger partial charge is 0.110 e. The normalized spacial score (nSPS) is 12.6. The predicted octanol–water partition coefficient (Wildman–Crippen LogP) is 2.12. The zero-order valence-corrected chi connectivity index (χ0v) is 8.86. The number of nitrogen functional groups attached to an aromatic ring is 1. The van der Waals surface area contributed by atoms with Crippen LogP contribution in [0.5, 0.6) is 0 Å². The Balaban J connectivity index is 2.71. The van der Waals surface area contributed by atoms with Crippen LogP contribution in [0.25, 0.3) is 10.9 Å². The van der Waals surface area contributed by atoms with Gasteiger partial charge in [0, 0.05) is 11.1 Å². The monoisotopic (exact) mass is 199 g/mol. The standard InChI is InChI=1S/C12H13N3/c1-4-9(3)15-12-6-11(13)8(2)5-10(12)7-14-15/h1,5-7,9H,13H2,2-3H3/t9-/m1/s1. The number of aryl methyl sites for hydroxylation is 1. The number of benzene rings is 1. The highest BCUT2D eigenvalue weighted by Crippen LogP contribution is 2.23. The maximum Gasteiger partial charge on any atom is 0.110 e. The van der Waals surface area contributed by atoms with Crippen molar-refractivity contribution in [1.29, 1.82) is 0 Å². The summed E-state index contributed by atoms with van der Waals surface area (Å²) in [5.74, 6) is 2.65. The molecule has 76 valence electrons. The second-order valence-electron chi connectivity index (χ2n) is 3.70. The van der Waals surface area contributed by atoms with Crippen LogP contribution in [0.3, 0.4) is 0 Å². The van der Waals surface area contributed by atoms with Crippen LogP contribution >= 0.6 is 0 Å². The first kappa shape index (κ1) is 9.60. The van der Waals surface area contributed by atoms with Gasteiger partial charge >= 0.3 is 0 Å². The van der Waals surface area contributed by atoms with Crippen molar-refractivity contribution in [2.75, 3.05) is 5.73 Å². The van der Waals surface area contributed by atoms with Crippen LogP contribution in [0.1, 0.15) is 18.5 Å². The van der Waals surface area contributed by atoms with Crippen molar-refractivity contribution in [2.45, 2.75) is 19.9 Å². The quantitative estimate of drug-likeness (QED) is 0.564. The highest BCUT2D eigenvalue weighted by Gasteiger charge is 2.08. The predicted molar refractivity (Wildman–Crippen MR) is 62.4 cm³/mol. The fourth-order valence-electron chi connectivity index (χ4n) is 1.60. The van der Waals surface area contributed by atoms with Crippen LogP contribution in [0.15, 0.2) is 18.3 Å². The first-order valence-corrected chi connectivity index (χ1v) is 4.83. The molecule has 0 spiro atoms. The lowest BCUT2D eigenvalue weighted by Crippen LogP contribution is -2.04. The number of hydrogen-bond acceptors (Lipinski definition) is 2. The molecule has 0 unspecified atom stereocenters. The van der Waals surface area contributed by atoms with Crippen molar-refractivity contribution < 1.29 is 0 Å². The number of fused-ring (bicyclic) bond motifs is 1. The van der Waals surface area contributed by atoms with Gasteiger partial charge in [0.2, 0.25) is 0 Å². The van der Waals surface area contributed by atoms with E-state index in [1.54, 1.807) is 0 Å². The van der Waals surface area contributed by atoms with Crippen molar-refractivity contribution in [3.63, 3.8) is 0 Å².